The molecule has 2 rings (SSSR count). The zero-order valence-electron chi connectivity index (χ0n) is 14.1. The zero-order chi connectivity index (χ0) is 18.4. The fourth-order valence-corrected chi connectivity index (χ4v) is 10.9. The number of carbonyl (C=O) groups is 2. The first kappa shape index (κ1) is 20.4. The number of amides is 2. The number of nitrogens with zero attached hydrogens (tertiary/aromatic N) is 2. The van der Waals surface area contributed by atoms with Gasteiger partial charge in [0.2, 0.25) is 0 Å². The number of hydrogen-bond acceptors (Lipinski definition) is 2. The van der Waals surface area contributed by atoms with Gasteiger partial charge in [0.15, 0.2) is 0 Å². The fourth-order valence-electron chi connectivity index (χ4n) is 2.20. The molecule has 134 valence electrons. The number of anilines is 2. The molecule has 0 unspecified atom stereocenters. The van der Waals surface area contributed by atoms with Crippen molar-refractivity contribution in [2.24, 2.45) is 0 Å². The van der Waals surface area contributed by atoms with E-state index in [9.17, 15) is 9.59 Å². The fraction of sp³-hybridized carbons (Fsp3) is 0.222. The summed E-state index contributed by atoms with van der Waals surface area (Å²) >= 11 is 4.39. The molecule has 0 saturated heterocycles. The molecule has 2 aromatic carbocycles. The standard InChI is InChI=1S/C18H20Br2N2O2Te/c1-21(15-9-5-3-6-10-15)17(23)13-25(19,20)14-18(24)22(2)16-11-7-4-8-12-16/h3-12H,13-14H2,1-2H3. The Balaban J connectivity index is 1.99. The van der Waals surface area contributed by atoms with Crippen molar-refractivity contribution in [3.8, 4) is 0 Å². The second kappa shape index (κ2) is 9.18. The van der Waals surface area contributed by atoms with E-state index in [0.29, 0.717) is 8.94 Å². The van der Waals surface area contributed by atoms with Crippen molar-refractivity contribution in [1.82, 2.24) is 0 Å². The predicted octanol–water partition coefficient (Wildman–Crippen LogP) is 4.54. The van der Waals surface area contributed by atoms with Crippen molar-refractivity contribution >= 4 is 62.5 Å². The monoisotopic (exact) mass is 584 g/mol. The van der Waals surface area contributed by atoms with Gasteiger partial charge in [0.1, 0.15) is 0 Å². The van der Waals surface area contributed by atoms with Crippen molar-refractivity contribution in [3.05, 3.63) is 60.7 Å². The van der Waals surface area contributed by atoms with Crippen molar-refractivity contribution in [2.75, 3.05) is 23.9 Å². The number of halogens is 2. The molecule has 2 aromatic rings. The van der Waals surface area contributed by atoms with Crippen molar-refractivity contribution in [3.63, 3.8) is 0 Å². The molecule has 0 N–H and O–H groups in total. The van der Waals surface area contributed by atoms with Crippen LogP contribution in [0.15, 0.2) is 60.7 Å². The summed E-state index contributed by atoms with van der Waals surface area (Å²) in [6.07, 6.45) is 0. The molecule has 4 nitrogen and oxygen atoms in total. The molecule has 0 aliphatic rings. The van der Waals surface area contributed by atoms with Crippen molar-refractivity contribution in [1.29, 1.82) is 0 Å². The van der Waals surface area contributed by atoms with Crippen molar-refractivity contribution < 1.29 is 9.59 Å². The van der Waals surface area contributed by atoms with Crippen LogP contribution in [0.5, 0.6) is 0 Å². The Morgan fingerprint density at radius 1 is 0.760 bits per heavy atom. The topological polar surface area (TPSA) is 40.6 Å². The summed E-state index contributed by atoms with van der Waals surface area (Å²) in [6, 6.07) is 19.0. The minimum absolute atomic E-state index is 0.00341. The Bertz CT molecular complexity index is 665. The maximum atomic E-state index is 12.6. The normalized spacial score (nSPS) is 11.7. The molecule has 0 spiro atoms. The van der Waals surface area contributed by atoms with Crippen LogP contribution in [0.4, 0.5) is 11.4 Å². The summed E-state index contributed by atoms with van der Waals surface area (Å²) in [5.41, 5.74) is 1.69. The quantitative estimate of drug-likeness (QED) is 0.469. The second-order valence-electron chi connectivity index (χ2n) is 5.56. The van der Waals surface area contributed by atoms with E-state index >= 15 is 0 Å². The summed E-state index contributed by atoms with van der Waals surface area (Å²) in [5.74, 6) is -0.00683. The van der Waals surface area contributed by atoms with Crippen LogP contribution >= 0.6 is 25.5 Å². The third kappa shape index (κ3) is 6.10. The van der Waals surface area contributed by atoms with E-state index in [2.05, 4.69) is 25.5 Å². The van der Waals surface area contributed by atoms with Crippen LogP contribution in [0.2, 0.25) is 8.94 Å². The van der Waals surface area contributed by atoms with Gasteiger partial charge in [-0.15, -0.1) is 0 Å². The van der Waals surface area contributed by atoms with Crippen LogP contribution in [0.1, 0.15) is 0 Å². The van der Waals surface area contributed by atoms with Gasteiger partial charge in [0.05, 0.1) is 0 Å². The number of rotatable bonds is 6. The molecular formula is C18H20Br2N2O2Te. The molecule has 25 heavy (non-hydrogen) atoms. The molecule has 0 radical (unpaired) electrons. The molecule has 0 fully saturated rings. The third-order valence-electron chi connectivity index (χ3n) is 3.70. The van der Waals surface area contributed by atoms with Crippen LogP contribution in [-0.4, -0.2) is 39.7 Å². The van der Waals surface area contributed by atoms with Gasteiger partial charge < -0.3 is 0 Å². The van der Waals surface area contributed by atoms with Crippen LogP contribution in [0.3, 0.4) is 0 Å². The molecule has 0 bridgehead atoms. The number of para-hydroxylation sites is 2. The van der Waals surface area contributed by atoms with Gasteiger partial charge in [0, 0.05) is 0 Å². The minimum atomic E-state index is -2.96. The van der Waals surface area contributed by atoms with E-state index in [1.807, 2.05) is 60.7 Å². The summed E-state index contributed by atoms with van der Waals surface area (Å²) in [5, 5.41) is 0. The van der Waals surface area contributed by atoms with Crippen LogP contribution in [0.25, 0.3) is 0 Å². The molecule has 0 heterocycles. The molecule has 7 heteroatoms. The van der Waals surface area contributed by atoms with Gasteiger partial charge in [-0.05, 0) is 0 Å². The molecule has 0 aromatic heterocycles. The Hall–Kier alpha value is -0.870. The van der Waals surface area contributed by atoms with Gasteiger partial charge in [-0.25, -0.2) is 0 Å². The van der Waals surface area contributed by atoms with E-state index in [4.69, 9.17) is 0 Å². The number of benzene rings is 2. The van der Waals surface area contributed by atoms with Gasteiger partial charge in [0.25, 0.3) is 0 Å². The van der Waals surface area contributed by atoms with Crippen LogP contribution in [-0.2, 0) is 9.59 Å². The predicted molar refractivity (Wildman–Crippen MR) is 113 cm³/mol. The molecular weight excluding hydrogens is 564 g/mol. The Kier molecular flexibility index (Phi) is 7.50. The van der Waals surface area contributed by atoms with E-state index in [1.165, 1.54) is 0 Å². The van der Waals surface area contributed by atoms with Crippen molar-refractivity contribution in [2.45, 2.75) is 8.94 Å². The van der Waals surface area contributed by atoms with Gasteiger partial charge in [-0.3, -0.25) is 0 Å². The molecule has 0 saturated carbocycles. The van der Waals surface area contributed by atoms with Gasteiger partial charge in [-0.1, -0.05) is 0 Å². The summed E-state index contributed by atoms with van der Waals surface area (Å²) in [7, 11) is 3.52. The van der Waals surface area contributed by atoms with Crippen LogP contribution in [0, 0.1) is 0 Å². The zero-order valence-corrected chi connectivity index (χ0v) is 19.6. The maximum absolute atomic E-state index is 12.6. The van der Waals surface area contributed by atoms with Gasteiger partial charge in [-0.2, -0.15) is 0 Å². The molecule has 2 amide bonds. The third-order valence-corrected chi connectivity index (χ3v) is 13.7. The van der Waals surface area contributed by atoms with E-state index in [1.54, 1.807) is 23.9 Å². The van der Waals surface area contributed by atoms with Gasteiger partial charge >= 0.3 is 166 Å². The van der Waals surface area contributed by atoms with Crippen LogP contribution < -0.4 is 9.80 Å². The average molecular weight is 584 g/mol. The Morgan fingerprint density at radius 2 is 1.08 bits per heavy atom. The Morgan fingerprint density at radius 3 is 1.40 bits per heavy atom. The first-order valence-electron chi connectivity index (χ1n) is 7.61. The molecule has 0 aliphatic heterocycles. The average Bonchev–Trinajstić information content (AvgIpc) is 2.61. The SMILES string of the molecule is CN(C(=O)C[Te](Br)(Br)CC(=O)N(C)c1ccccc1)c1ccccc1. The summed E-state index contributed by atoms with van der Waals surface area (Å²) in [6.45, 7) is 0. The molecule has 0 atom stereocenters. The van der Waals surface area contributed by atoms with E-state index in [-0.39, 0.29) is 11.8 Å². The molecule has 0 aliphatic carbocycles. The van der Waals surface area contributed by atoms with E-state index < -0.39 is 13.8 Å². The number of carbonyl (C=O) groups excluding carboxylic acids is 2. The summed E-state index contributed by atoms with van der Waals surface area (Å²) < 4.78 is 0.671. The summed E-state index contributed by atoms with van der Waals surface area (Å²) in [4.78, 5) is 28.4. The number of hydrogen-bond donors (Lipinski definition) is 0. The second-order valence-corrected chi connectivity index (χ2v) is 33.7. The first-order chi connectivity index (χ1) is 11.8. The van der Waals surface area contributed by atoms with E-state index in [0.717, 1.165) is 11.4 Å². The first-order valence-corrected chi connectivity index (χ1v) is 21.4. The Labute approximate surface area is 164 Å².